The van der Waals surface area contributed by atoms with Gasteiger partial charge in [-0.2, -0.15) is 0 Å². The number of aromatic carboxylic acids is 1. The fraction of sp³-hybridized carbons (Fsp3) is 0.407. The molecule has 352 valence electrons. The van der Waals surface area contributed by atoms with Crippen LogP contribution in [0.1, 0.15) is 99.3 Å². The summed E-state index contributed by atoms with van der Waals surface area (Å²) < 4.78 is 0. The van der Waals surface area contributed by atoms with E-state index in [1.54, 1.807) is 34.8 Å². The third-order valence-corrected chi connectivity index (χ3v) is 15.8. The van der Waals surface area contributed by atoms with Crippen molar-refractivity contribution in [1.82, 2.24) is 30.0 Å². The van der Waals surface area contributed by atoms with Gasteiger partial charge in [0.1, 0.15) is 0 Å². The number of nitrogens with zero attached hydrogens (tertiary/aromatic N) is 5. The van der Waals surface area contributed by atoms with Crippen LogP contribution < -0.4 is 5.32 Å². The first kappa shape index (κ1) is 49.0. The standard InChI is InChI=1S/C27H30ClN3OS.C20H18ClNO2S.C7H14N2/c1-27(2,3)25-15-18(8-9-29-25)24-14-20(17-33-24)22-7-6-19(13-23(22)28)26(32)31-12-11-30-10-4-5-21(30)16-31;1-20(2,3)18-10-12(6-7-22-18)17-9-14(11-25-17)15-5-4-13(19(23)24)8-16(15)21;1-2-7-6-8-3-5-9(7)4-1/h6-9,13-15,17,21H,4-5,10-12,16H2,1-3H3;4-11H,1-3H3,(H,23,24);7-8H,1-6H2. The third-order valence-electron chi connectivity index (χ3n) is 13.2. The van der Waals surface area contributed by atoms with Gasteiger partial charge in [0.25, 0.3) is 5.91 Å². The van der Waals surface area contributed by atoms with E-state index in [9.17, 15) is 9.59 Å². The highest BCUT2D eigenvalue weighted by molar-refractivity contribution is 7.14. The molecule has 1 amide bonds. The predicted octanol–water partition coefficient (Wildman–Crippen LogP) is 12.5. The molecule has 2 N–H and O–H groups in total. The summed E-state index contributed by atoms with van der Waals surface area (Å²) in [5.41, 5.74) is 9.12. The third kappa shape index (κ3) is 11.9. The number of hydrogen-bond acceptors (Lipinski definition) is 9. The van der Waals surface area contributed by atoms with E-state index < -0.39 is 5.97 Å². The van der Waals surface area contributed by atoms with Crippen LogP contribution in [0.15, 0.2) is 96.0 Å². The molecule has 0 aliphatic carbocycles. The highest BCUT2D eigenvalue weighted by Gasteiger charge is 2.33. The minimum absolute atomic E-state index is 0.00613. The van der Waals surface area contributed by atoms with Gasteiger partial charge >= 0.3 is 5.97 Å². The van der Waals surface area contributed by atoms with Crippen molar-refractivity contribution in [3.8, 4) is 43.1 Å². The van der Waals surface area contributed by atoms with Crippen LogP contribution in [0.5, 0.6) is 0 Å². The number of amides is 1. The van der Waals surface area contributed by atoms with Crippen molar-refractivity contribution in [2.75, 3.05) is 52.4 Å². The highest BCUT2D eigenvalue weighted by atomic mass is 35.5. The Bertz CT molecular complexity index is 2690. The molecule has 2 unspecified atom stereocenters. The number of fused-ring (bicyclic) bond motifs is 2. The van der Waals surface area contributed by atoms with Crippen molar-refractivity contribution in [3.63, 3.8) is 0 Å². The van der Waals surface area contributed by atoms with Gasteiger partial charge < -0.3 is 15.3 Å². The first-order chi connectivity index (χ1) is 32.0. The van der Waals surface area contributed by atoms with Crippen LogP contribution in [0.4, 0.5) is 0 Å². The number of carbonyl (C=O) groups excluding carboxylic acids is 1. The second-order valence-corrected chi connectivity index (χ2v) is 22.7. The van der Waals surface area contributed by atoms with E-state index in [1.807, 2.05) is 46.9 Å². The summed E-state index contributed by atoms with van der Waals surface area (Å²) in [6.07, 6.45) is 9.00. The summed E-state index contributed by atoms with van der Waals surface area (Å²) >= 11 is 16.3. The van der Waals surface area contributed by atoms with Gasteiger partial charge in [-0.1, -0.05) is 76.9 Å². The number of carboxylic acids is 1. The summed E-state index contributed by atoms with van der Waals surface area (Å²) in [6.45, 7) is 21.8. The lowest BCUT2D eigenvalue weighted by Gasteiger charge is -2.37. The fourth-order valence-electron chi connectivity index (χ4n) is 9.28. The molecular formula is C54H62Cl2N6O3S2. The van der Waals surface area contributed by atoms with E-state index in [2.05, 4.69) is 102 Å². The number of benzene rings is 2. The van der Waals surface area contributed by atoms with E-state index >= 15 is 0 Å². The highest BCUT2D eigenvalue weighted by Crippen LogP contribution is 2.39. The van der Waals surface area contributed by atoms with Gasteiger partial charge in [0.15, 0.2) is 0 Å². The van der Waals surface area contributed by atoms with E-state index in [4.69, 9.17) is 28.3 Å². The van der Waals surface area contributed by atoms with Gasteiger partial charge in [0.05, 0.1) is 5.56 Å². The van der Waals surface area contributed by atoms with Crippen LogP contribution in [-0.2, 0) is 10.8 Å². The maximum absolute atomic E-state index is 13.1. The SMILES string of the molecule is C1CC2CNCCN2C1.CC(C)(C)c1cc(-c2cc(-c3ccc(C(=O)N4CCN5CCCC5C4)cc3Cl)cs2)ccn1.CC(C)(C)c1cc(-c2cc(-c3ccc(C(=O)O)cc3Cl)cs2)ccn1. The maximum atomic E-state index is 13.1. The molecule has 4 fully saturated rings. The van der Waals surface area contributed by atoms with Gasteiger partial charge in [-0.05, 0) is 132 Å². The van der Waals surface area contributed by atoms with Crippen molar-refractivity contribution < 1.29 is 14.7 Å². The number of nitrogens with one attached hydrogen (secondary N) is 1. The van der Waals surface area contributed by atoms with Crippen molar-refractivity contribution in [3.05, 3.63) is 129 Å². The zero-order valence-corrected chi connectivity index (χ0v) is 42.6. The molecule has 9 nitrogen and oxygen atoms in total. The fourth-order valence-corrected chi connectivity index (χ4v) is 11.7. The van der Waals surface area contributed by atoms with Gasteiger partial charge in [-0.25, -0.2) is 4.79 Å². The Labute approximate surface area is 414 Å². The number of carboxylic acid groups (broad SMARTS) is 1. The molecule has 4 aromatic heterocycles. The number of carbonyl (C=O) groups is 2. The Morgan fingerprint density at radius 3 is 1.69 bits per heavy atom. The van der Waals surface area contributed by atoms with E-state index in [0.29, 0.717) is 21.7 Å². The topological polar surface area (TPSA) is 102 Å². The predicted molar refractivity (Wildman–Crippen MR) is 278 cm³/mol. The summed E-state index contributed by atoms with van der Waals surface area (Å²) in [4.78, 5) is 42.6. The molecule has 2 atom stereocenters. The number of halogens is 2. The molecule has 10 rings (SSSR count). The van der Waals surface area contributed by atoms with E-state index in [1.165, 1.54) is 74.9 Å². The number of pyridine rings is 2. The molecule has 2 aromatic carbocycles. The Kier molecular flexibility index (Phi) is 15.4. The first-order valence-electron chi connectivity index (χ1n) is 23.4. The molecule has 4 saturated heterocycles. The van der Waals surface area contributed by atoms with Crippen LogP contribution in [-0.4, -0.2) is 106 Å². The van der Waals surface area contributed by atoms with Crippen LogP contribution in [0.25, 0.3) is 43.1 Å². The molecule has 8 heterocycles. The Hall–Kier alpha value is -4.46. The Morgan fingerprint density at radius 1 is 0.642 bits per heavy atom. The van der Waals surface area contributed by atoms with Crippen molar-refractivity contribution >= 4 is 57.8 Å². The van der Waals surface area contributed by atoms with Crippen molar-refractivity contribution in [2.24, 2.45) is 0 Å². The number of rotatable bonds is 6. The van der Waals surface area contributed by atoms with Crippen LogP contribution >= 0.6 is 45.9 Å². The molecule has 0 saturated carbocycles. The smallest absolute Gasteiger partial charge is 0.335 e. The minimum atomic E-state index is -0.981. The second kappa shape index (κ2) is 21.0. The van der Waals surface area contributed by atoms with Gasteiger partial charge in [-0.15, -0.1) is 22.7 Å². The van der Waals surface area contributed by atoms with Gasteiger partial charge in [-0.3, -0.25) is 24.6 Å². The molecule has 13 heteroatoms. The van der Waals surface area contributed by atoms with Crippen molar-refractivity contribution in [1.29, 1.82) is 0 Å². The minimum Gasteiger partial charge on any atom is -0.478 e. The number of hydrogen-bond donors (Lipinski definition) is 2. The zero-order valence-electron chi connectivity index (χ0n) is 39.4. The van der Waals surface area contributed by atoms with Crippen LogP contribution in [0, 0.1) is 0 Å². The number of aromatic nitrogens is 2. The normalized spacial score (nSPS) is 18.6. The quantitative estimate of drug-likeness (QED) is 0.170. The maximum Gasteiger partial charge on any atom is 0.335 e. The van der Waals surface area contributed by atoms with Gasteiger partial charge in [0, 0.05) is 122 Å². The molecule has 6 aromatic rings. The molecule has 4 aliphatic rings. The van der Waals surface area contributed by atoms with E-state index in [0.717, 1.165) is 69.8 Å². The Morgan fingerprint density at radius 2 is 1.16 bits per heavy atom. The average Bonchev–Trinajstić information content (AvgIpc) is 4.17. The lowest BCUT2D eigenvalue weighted by atomic mass is 9.90. The molecule has 67 heavy (non-hydrogen) atoms. The molecule has 0 radical (unpaired) electrons. The molecule has 0 spiro atoms. The largest absolute Gasteiger partial charge is 0.478 e. The summed E-state index contributed by atoms with van der Waals surface area (Å²) in [5.74, 6) is -0.890. The second-order valence-electron chi connectivity index (χ2n) is 20.1. The number of piperazine rings is 2. The molecule has 4 aliphatic heterocycles. The zero-order chi connectivity index (χ0) is 47.5. The van der Waals surface area contributed by atoms with Crippen molar-refractivity contribution in [2.45, 2.75) is 90.1 Å². The monoisotopic (exact) mass is 976 g/mol. The molecule has 0 bridgehead atoms. The van der Waals surface area contributed by atoms with Gasteiger partial charge in [0.2, 0.25) is 0 Å². The Balaban J connectivity index is 0.000000157. The molecular weight excluding hydrogens is 916 g/mol. The van der Waals surface area contributed by atoms with Crippen LogP contribution in [0.2, 0.25) is 10.0 Å². The first-order valence-corrected chi connectivity index (χ1v) is 26.0. The van der Waals surface area contributed by atoms with E-state index in [-0.39, 0.29) is 22.3 Å². The number of thiophene rings is 2. The summed E-state index contributed by atoms with van der Waals surface area (Å²) in [7, 11) is 0. The summed E-state index contributed by atoms with van der Waals surface area (Å²) in [6, 6.07) is 24.6. The van der Waals surface area contributed by atoms with Crippen LogP contribution in [0.3, 0.4) is 0 Å². The lowest BCUT2D eigenvalue weighted by molar-refractivity contribution is 0.0571. The lowest BCUT2D eigenvalue weighted by Crippen LogP contribution is -2.52. The summed E-state index contributed by atoms with van der Waals surface area (Å²) in [5, 5.41) is 17.7. The average molecular weight is 978 g/mol.